The molecule has 0 fully saturated rings. The van der Waals surface area contributed by atoms with E-state index in [9.17, 15) is 9.90 Å². The van der Waals surface area contributed by atoms with Crippen molar-refractivity contribution in [3.8, 4) is 6.07 Å². The molecule has 1 aromatic carbocycles. The maximum Gasteiger partial charge on any atom is 0.319 e. The van der Waals surface area contributed by atoms with Crippen LogP contribution >= 0.6 is 0 Å². The fraction of sp³-hybridized carbons (Fsp3) is 0.429. The smallest absolute Gasteiger partial charge is 0.319 e. The van der Waals surface area contributed by atoms with E-state index in [0.29, 0.717) is 11.3 Å². The summed E-state index contributed by atoms with van der Waals surface area (Å²) in [6.45, 7) is 5.63. The van der Waals surface area contributed by atoms with Gasteiger partial charge in [-0.1, -0.05) is 13.8 Å². The van der Waals surface area contributed by atoms with Crippen molar-refractivity contribution < 1.29 is 9.90 Å². The Labute approximate surface area is 113 Å². The van der Waals surface area contributed by atoms with Gasteiger partial charge in [-0.15, -0.1) is 0 Å². The molecule has 19 heavy (non-hydrogen) atoms. The topological polar surface area (TPSA) is 85.2 Å². The van der Waals surface area contributed by atoms with Gasteiger partial charge in [-0.25, -0.2) is 4.79 Å². The van der Waals surface area contributed by atoms with E-state index in [0.717, 1.165) is 0 Å². The Balaban J connectivity index is 2.49. The molecule has 2 amide bonds. The van der Waals surface area contributed by atoms with Crippen molar-refractivity contribution in [1.29, 1.82) is 5.26 Å². The Hall–Kier alpha value is -2.06. The standard InChI is InChI=1S/C14H19N3O2/c1-10(2)14(3,19)9-16-13(18)17-12-6-4-11(8-15)5-7-12/h4-7,10,19H,9H2,1-3H3,(H2,16,17,18). The molecule has 1 atom stereocenters. The summed E-state index contributed by atoms with van der Waals surface area (Å²) in [7, 11) is 0. The zero-order valence-corrected chi connectivity index (χ0v) is 11.4. The number of nitriles is 1. The lowest BCUT2D eigenvalue weighted by atomic mass is 9.93. The predicted octanol–water partition coefficient (Wildman–Crippen LogP) is 2.09. The third kappa shape index (κ3) is 4.60. The van der Waals surface area contributed by atoms with Gasteiger partial charge < -0.3 is 15.7 Å². The molecular weight excluding hydrogens is 242 g/mol. The van der Waals surface area contributed by atoms with E-state index in [4.69, 9.17) is 5.26 Å². The molecule has 3 N–H and O–H groups in total. The van der Waals surface area contributed by atoms with Crippen LogP contribution in [0.25, 0.3) is 0 Å². The molecule has 0 aliphatic rings. The summed E-state index contributed by atoms with van der Waals surface area (Å²) in [5.74, 6) is 0.0442. The molecule has 1 rings (SSSR count). The van der Waals surface area contributed by atoms with Crippen molar-refractivity contribution in [3.05, 3.63) is 29.8 Å². The van der Waals surface area contributed by atoms with Crippen LogP contribution in [0.5, 0.6) is 0 Å². The van der Waals surface area contributed by atoms with Crippen LogP contribution in [-0.2, 0) is 0 Å². The number of aliphatic hydroxyl groups is 1. The van der Waals surface area contributed by atoms with Crippen LogP contribution in [0.15, 0.2) is 24.3 Å². The Morgan fingerprint density at radius 3 is 2.47 bits per heavy atom. The van der Waals surface area contributed by atoms with E-state index >= 15 is 0 Å². The van der Waals surface area contributed by atoms with Gasteiger partial charge >= 0.3 is 6.03 Å². The number of carbonyl (C=O) groups excluding carboxylic acids is 1. The van der Waals surface area contributed by atoms with Gasteiger partial charge in [0, 0.05) is 12.2 Å². The van der Waals surface area contributed by atoms with Crippen molar-refractivity contribution in [3.63, 3.8) is 0 Å². The van der Waals surface area contributed by atoms with Gasteiger partial charge in [0.05, 0.1) is 17.2 Å². The van der Waals surface area contributed by atoms with E-state index < -0.39 is 5.60 Å². The molecule has 0 aromatic heterocycles. The highest BCUT2D eigenvalue weighted by Gasteiger charge is 2.25. The molecule has 0 heterocycles. The van der Waals surface area contributed by atoms with E-state index in [-0.39, 0.29) is 18.5 Å². The van der Waals surface area contributed by atoms with Crippen LogP contribution in [0.4, 0.5) is 10.5 Å². The fourth-order valence-corrected chi connectivity index (χ4v) is 1.27. The SMILES string of the molecule is CC(C)C(C)(O)CNC(=O)Nc1ccc(C#N)cc1. The predicted molar refractivity (Wildman–Crippen MR) is 73.6 cm³/mol. The molecule has 1 aromatic rings. The van der Waals surface area contributed by atoms with Gasteiger partial charge in [0.2, 0.25) is 0 Å². The molecule has 0 radical (unpaired) electrons. The van der Waals surface area contributed by atoms with Gasteiger partial charge in [0.15, 0.2) is 0 Å². The first-order valence-electron chi connectivity index (χ1n) is 6.12. The quantitative estimate of drug-likeness (QED) is 0.775. The number of carbonyl (C=O) groups is 1. The number of hydrogen-bond donors (Lipinski definition) is 3. The minimum absolute atomic E-state index is 0.0442. The first-order chi connectivity index (χ1) is 8.85. The van der Waals surface area contributed by atoms with Crippen molar-refractivity contribution >= 4 is 11.7 Å². The zero-order valence-electron chi connectivity index (χ0n) is 11.4. The lowest BCUT2D eigenvalue weighted by molar-refractivity contribution is 0.0170. The lowest BCUT2D eigenvalue weighted by Gasteiger charge is -2.27. The number of benzene rings is 1. The molecule has 0 spiro atoms. The van der Waals surface area contributed by atoms with Crippen molar-refractivity contribution in [2.45, 2.75) is 26.4 Å². The molecule has 102 valence electrons. The summed E-state index contributed by atoms with van der Waals surface area (Å²) >= 11 is 0. The van der Waals surface area contributed by atoms with Crippen LogP contribution in [0.1, 0.15) is 26.3 Å². The summed E-state index contributed by atoms with van der Waals surface area (Å²) in [5.41, 5.74) is 0.191. The number of rotatable bonds is 4. The normalized spacial score (nSPS) is 13.5. The molecule has 5 heteroatoms. The highest BCUT2D eigenvalue weighted by molar-refractivity contribution is 5.89. The van der Waals surface area contributed by atoms with E-state index in [2.05, 4.69) is 10.6 Å². The second-order valence-electron chi connectivity index (χ2n) is 5.01. The van der Waals surface area contributed by atoms with Gasteiger partial charge in [-0.2, -0.15) is 5.26 Å². The molecule has 0 saturated heterocycles. The minimum atomic E-state index is -0.942. The van der Waals surface area contributed by atoms with Crippen LogP contribution in [0.2, 0.25) is 0 Å². The lowest BCUT2D eigenvalue weighted by Crippen LogP contribution is -2.45. The monoisotopic (exact) mass is 261 g/mol. The minimum Gasteiger partial charge on any atom is -0.388 e. The number of nitrogens with zero attached hydrogens (tertiary/aromatic N) is 1. The number of amides is 2. The second kappa shape index (κ2) is 6.21. The van der Waals surface area contributed by atoms with Crippen molar-refractivity contribution in [2.24, 2.45) is 5.92 Å². The number of anilines is 1. The first-order valence-corrected chi connectivity index (χ1v) is 6.12. The van der Waals surface area contributed by atoms with Gasteiger partial charge in [0.25, 0.3) is 0 Å². The maximum atomic E-state index is 11.6. The maximum absolute atomic E-state index is 11.6. The van der Waals surface area contributed by atoms with E-state index in [1.165, 1.54) is 0 Å². The molecular formula is C14H19N3O2. The van der Waals surface area contributed by atoms with Crippen LogP contribution in [-0.4, -0.2) is 23.3 Å². The molecule has 0 aliphatic heterocycles. The summed E-state index contributed by atoms with van der Waals surface area (Å²) in [6, 6.07) is 8.17. The van der Waals surface area contributed by atoms with Gasteiger partial charge in [0.1, 0.15) is 0 Å². The van der Waals surface area contributed by atoms with Crippen LogP contribution in [0.3, 0.4) is 0 Å². The van der Waals surface area contributed by atoms with Crippen molar-refractivity contribution in [1.82, 2.24) is 5.32 Å². The molecule has 0 saturated carbocycles. The summed E-state index contributed by atoms with van der Waals surface area (Å²) < 4.78 is 0. The Morgan fingerprint density at radius 1 is 1.42 bits per heavy atom. The average Bonchev–Trinajstić information content (AvgIpc) is 2.37. The Bertz CT molecular complexity index is 472. The van der Waals surface area contributed by atoms with Crippen molar-refractivity contribution in [2.75, 3.05) is 11.9 Å². The van der Waals surface area contributed by atoms with Gasteiger partial charge in [-0.3, -0.25) is 0 Å². The second-order valence-corrected chi connectivity index (χ2v) is 5.01. The Morgan fingerprint density at radius 2 is 2.00 bits per heavy atom. The first kappa shape index (κ1) is 15.0. The number of urea groups is 1. The third-order valence-electron chi connectivity index (χ3n) is 3.12. The van der Waals surface area contributed by atoms with Gasteiger partial charge in [-0.05, 0) is 37.1 Å². The molecule has 0 aliphatic carbocycles. The van der Waals surface area contributed by atoms with Crippen LogP contribution in [0, 0.1) is 17.2 Å². The summed E-state index contributed by atoms with van der Waals surface area (Å²) in [6.07, 6.45) is 0. The zero-order chi connectivity index (χ0) is 14.5. The summed E-state index contributed by atoms with van der Waals surface area (Å²) in [4.78, 5) is 11.6. The largest absolute Gasteiger partial charge is 0.388 e. The van der Waals surface area contributed by atoms with E-state index in [1.54, 1.807) is 31.2 Å². The highest BCUT2D eigenvalue weighted by atomic mass is 16.3. The van der Waals surface area contributed by atoms with E-state index in [1.807, 2.05) is 19.9 Å². The summed E-state index contributed by atoms with van der Waals surface area (Å²) in [5, 5.41) is 23.9. The number of nitrogens with one attached hydrogen (secondary N) is 2. The number of hydrogen-bond acceptors (Lipinski definition) is 3. The highest BCUT2D eigenvalue weighted by Crippen LogP contribution is 2.14. The Kier molecular flexibility index (Phi) is 4.90. The third-order valence-corrected chi connectivity index (χ3v) is 3.12. The molecule has 1 unspecified atom stereocenters. The molecule has 5 nitrogen and oxygen atoms in total. The average molecular weight is 261 g/mol. The fourth-order valence-electron chi connectivity index (χ4n) is 1.27. The van der Waals surface area contributed by atoms with Crippen LogP contribution < -0.4 is 10.6 Å². The molecule has 0 bridgehead atoms.